The molecule has 6 aromatic rings. The molecule has 0 atom stereocenters. The van der Waals surface area contributed by atoms with Crippen molar-refractivity contribution in [3.8, 4) is 40.2 Å². The predicted molar refractivity (Wildman–Crippen MR) is 391 cm³/mol. The average Bonchev–Trinajstić information content (AvgIpc) is 0.801. The molecule has 0 heterocycles. The molecular weight excluding hydrogens is 1400 g/mol. The van der Waals surface area contributed by atoms with Gasteiger partial charge in [-0.15, -0.1) is 0 Å². The van der Waals surface area contributed by atoms with Crippen molar-refractivity contribution in [1.82, 2.24) is 0 Å². The van der Waals surface area contributed by atoms with E-state index in [1.54, 1.807) is 79.2 Å². The Morgan fingerprint density at radius 1 is 0.404 bits per heavy atom. The summed E-state index contributed by atoms with van der Waals surface area (Å²) in [6.45, 7) is 37.5. The molecule has 19 heteroatoms. The molecule has 526 valence electrons. The summed E-state index contributed by atoms with van der Waals surface area (Å²) in [5.74, 6) is -3.00. The first-order chi connectivity index (χ1) is 45.0. The van der Waals surface area contributed by atoms with Crippen LogP contribution in [0, 0.1) is 11.3 Å². The molecule has 0 bridgehead atoms. The molecule has 16 nitrogen and oxygen atoms in total. The van der Waals surface area contributed by atoms with E-state index in [4.69, 9.17) is 52.2 Å². The standard InChI is InChI=1S/C56H62N4O4.3C6H15N.C2H3N.2C2H4O2.3Zn/c1-53(2,3)39-27-37(51(63)43(29-39)55(7,8)9)33-59-47-25-15-13-23-45(47)57-31-35-19-17-21-41(49(35)61)42-22-18-20-36(50(42)62)32-58-46-24-14-16-26-48(46)60-34-38-28-40(54(4,5)6)30-44(52(38)64)56(10,11)12;3*1-2-3-4-5-6-7;1-2-3;2*1-2(3)4;;;/h13-34,61-64H,1-12H3;3*2-7H2,1H3;1H3;2*1H3,(H,3,4);;;/q;;;;;;;3*+2/p-6. The molecule has 0 radical (unpaired) electrons. The number of nitrogens with two attached hydrogens (primary N) is 3. The molecule has 0 aliphatic rings. The summed E-state index contributed by atoms with van der Waals surface area (Å²) in [6.07, 6.45) is 21.6. The van der Waals surface area contributed by atoms with Gasteiger partial charge in [0.05, 0.1) is 28.8 Å². The summed E-state index contributed by atoms with van der Waals surface area (Å²) in [7, 11) is 0. The molecule has 0 aliphatic heterocycles. The third-order valence-electron chi connectivity index (χ3n) is 14.3. The topological polar surface area (TPSA) is 324 Å². The van der Waals surface area contributed by atoms with Gasteiger partial charge in [-0.1, -0.05) is 270 Å². The van der Waals surface area contributed by atoms with Crippen molar-refractivity contribution < 1.29 is 98.7 Å². The van der Waals surface area contributed by atoms with Crippen molar-refractivity contribution in [3.63, 3.8) is 0 Å². The second-order valence-corrected chi connectivity index (χ2v) is 27.1. The van der Waals surface area contributed by atoms with Gasteiger partial charge in [-0.25, -0.2) is 0 Å². The van der Waals surface area contributed by atoms with E-state index in [1.807, 2.05) is 90.1 Å². The van der Waals surface area contributed by atoms with Gasteiger partial charge in [-0.05, 0) is 154 Å². The second-order valence-electron chi connectivity index (χ2n) is 27.1. The zero-order valence-corrected chi connectivity index (χ0v) is 72.1. The molecule has 0 aliphatic carbocycles. The number of benzene rings is 6. The molecule has 0 fully saturated rings. The van der Waals surface area contributed by atoms with E-state index in [2.05, 4.69) is 72.3 Å². The molecule has 0 unspecified atom stereocenters. The van der Waals surface area contributed by atoms with Crippen LogP contribution < -0.4 is 47.8 Å². The smallest absolute Gasteiger partial charge is 0.872 e. The summed E-state index contributed by atoms with van der Waals surface area (Å²) in [6, 6.07) is 34.1. The van der Waals surface area contributed by atoms with E-state index in [1.165, 1.54) is 96.4 Å². The number of carbonyl (C=O) groups excluding carboxylic acids is 2. The van der Waals surface area contributed by atoms with Crippen LogP contribution in [0.1, 0.15) is 246 Å². The third kappa shape index (κ3) is 39.8. The first kappa shape index (κ1) is 98.8. The van der Waals surface area contributed by atoms with Crippen molar-refractivity contribution >= 4 is 59.5 Å². The molecule has 0 spiro atoms. The van der Waals surface area contributed by atoms with Crippen LogP contribution in [0.2, 0.25) is 0 Å². The number of carbonyl (C=O) groups is 2. The maximum Gasteiger partial charge on any atom is 2.00 e. The molecule has 6 rings (SSSR count). The van der Waals surface area contributed by atoms with Gasteiger partial charge in [0.25, 0.3) is 0 Å². The van der Waals surface area contributed by atoms with Crippen LogP contribution in [-0.4, -0.2) is 56.4 Å². The number of carboxylic acid groups (broad SMARTS) is 2. The summed E-state index contributed by atoms with van der Waals surface area (Å²) < 4.78 is 0. The number of para-hydroxylation sites is 6. The Balaban J connectivity index is -0.00000107. The van der Waals surface area contributed by atoms with E-state index in [0.29, 0.717) is 45.0 Å². The van der Waals surface area contributed by atoms with Gasteiger partial charge in [-0.3, -0.25) is 20.0 Å². The number of unbranched alkanes of at least 4 members (excludes halogenated alkanes) is 9. The number of hydrogen-bond donors (Lipinski definition) is 3. The molecule has 6 N–H and O–H groups in total. The zero-order chi connectivity index (χ0) is 73.2. The minimum absolute atomic E-state index is 0. The van der Waals surface area contributed by atoms with Crippen molar-refractivity contribution in [2.24, 2.45) is 37.2 Å². The maximum atomic E-state index is 13.9. The molecule has 6 aromatic carbocycles. The molecule has 0 aromatic heterocycles. The molecular formula is C80H112N8O8Zn3. The quantitative estimate of drug-likeness (QED) is 0.0344. The van der Waals surface area contributed by atoms with Crippen LogP contribution >= 0.6 is 0 Å². The Morgan fingerprint density at radius 3 is 0.859 bits per heavy atom. The summed E-state index contributed by atoms with van der Waals surface area (Å²) in [4.78, 5) is 36.5. The fourth-order valence-electron chi connectivity index (χ4n) is 8.85. The fourth-order valence-corrected chi connectivity index (χ4v) is 8.85. The molecule has 0 amide bonds. The number of nitriles is 1. The van der Waals surface area contributed by atoms with Crippen molar-refractivity contribution in [3.05, 3.63) is 154 Å². The predicted octanol–water partition coefficient (Wildman–Crippen LogP) is 14.5. The van der Waals surface area contributed by atoms with Gasteiger partial charge in [-0.2, -0.15) is 5.26 Å². The van der Waals surface area contributed by atoms with Gasteiger partial charge in [0.15, 0.2) is 0 Å². The van der Waals surface area contributed by atoms with E-state index in [-0.39, 0.29) is 114 Å². The number of nitrogens with zero attached hydrogens (tertiary/aromatic N) is 5. The minimum Gasteiger partial charge on any atom is -0.872 e. The van der Waals surface area contributed by atoms with E-state index in [0.717, 1.165) is 55.7 Å². The number of carboxylic acids is 2. The fraction of sp³-hybridized carbons (Fsp3) is 0.463. The molecule has 99 heavy (non-hydrogen) atoms. The Labute approximate surface area is 633 Å². The number of aliphatic carboxylic acids is 2. The van der Waals surface area contributed by atoms with Crippen molar-refractivity contribution in [1.29, 1.82) is 5.26 Å². The summed E-state index contributed by atoms with van der Waals surface area (Å²) >= 11 is 0. The molecule has 0 saturated carbocycles. The first-order valence-electron chi connectivity index (χ1n) is 33.5. The summed E-state index contributed by atoms with van der Waals surface area (Å²) in [5, 5.41) is 80.2. The van der Waals surface area contributed by atoms with Gasteiger partial charge in [0.1, 0.15) is 0 Å². The number of rotatable bonds is 21. The maximum absolute atomic E-state index is 13.9. The molecule has 0 saturated heterocycles. The van der Waals surface area contributed by atoms with Crippen LogP contribution in [0.5, 0.6) is 23.0 Å². The number of hydrogen-bond acceptors (Lipinski definition) is 16. The monoisotopic (exact) mass is 1500 g/mol. The Hall–Kier alpha value is -6.62. The normalized spacial score (nSPS) is 11.0. The van der Waals surface area contributed by atoms with Crippen LogP contribution in [0.15, 0.2) is 129 Å². The van der Waals surface area contributed by atoms with Gasteiger partial charge >= 0.3 is 58.4 Å². The van der Waals surface area contributed by atoms with Gasteiger partial charge in [0.2, 0.25) is 0 Å². The van der Waals surface area contributed by atoms with Crippen LogP contribution in [0.25, 0.3) is 11.1 Å². The second kappa shape index (κ2) is 52.4. The van der Waals surface area contributed by atoms with Crippen LogP contribution in [0.3, 0.4) is 0 Å². The minimum atomic E-state index is -1.08. The largest absolute Gasteiger partial charge is 2.00 e. The average molecular weight is 1510 g/mol. The van der Waals surface area contributed by atoms with E-state index in [9.17, 15) is 20.4 Å². The summed E-state index contributed by atoms with van der Waals surface area (Å²) in [5.41, 5.74) is 22.4. The Morgan fingerprint density at radius 2 is 0.646 bits per heavy atom. The Kier molecular flexibility index (Phi) is 52.2. The SMILES string of the molecule is CC#N.CC(=O)[O-].CC(=O)[O-].CC(C)(C)c1cc(C=Nc2ccccc2N=Cc2cccc(-c3cccc(C=Nc4ccccc4N=Cc4cc(C(C)(C)C)cc(C(C)(C)C)c4[O-])c3[O-])c2[O-])c([O-])c(C(C)(C)C)c1.CCCCCCN.CCCCCCN.CCCCCCN.[Zn+2].[Zn+2].[Zn+2]. The van der Waals surface area contributed by atoms with Crippen LogP contribution in [-0.2, 0) is 89.7 Å². The van der Waals surface area contributed by atoms with E-state index >= 15 is 0 Å². The number of aliphatic imine (C=N–C) groups is 4. The third-order valence-corrected chi connectivity index (χ3v) is 14.3. The first-order valence-corrected chi connectivity index (χ1v) is 33.5. The Bertz CT molecular complexity index is 3200. The zero-order valence-electron chi connectivity index (χ0n) is 63.2. The van der Waals surface area contributed by atoms with Crippen LogP contribution in [0.4, 0.5) is 22.7 Å². The van der Waals surface area contributed by atoms with Crippen molar-refractivity contribution in [2.75, 3.05) is 19.6 Å². The van der Waals surface area contributed by atoms with E-state index < -0.39 is 11.9 Å². The van der Waals surface area contributed by atoms with Crippen molar-refractivity contribution in [2.45, 2.75) is 223 Å². The van der Waals surface area contributed by atoms with Gasteiger partial charge < -0.3 is 57.4 Å². The van der Waals surface area contributed by atoms with Gasteiger partial charge in [0, 0.05) is 43.7 Å².